The van der Waals surface area contributed by atoms with Crippen LogP contribution in [0.1, 0.15) is 12.1 Å². The zero-order chi connectivity index (χ0) is 16.8. The quantitative estimate of drug-likeness (QED) is 0.394. The minimum absolute atomic E-state index is 0.00198. The van der Waals surface area contributed by atoms with Crippen LogP contribution in [0.3, 0.4) is 0 Å². The highest BCUT2D eigenvalue weighted by Crippen LogP contribution is 2.14. The minimum Gasteiger partial charge on any atom is -0.390 e. The van der Waals surface area contributed by atoms with Gasteiger partial charge in [0.1, 0.15) is 28.5 Å². The molecule has 0 spiro atoms. The summed E-state index contributed by atoms with van der Waals surface area (Å²) in [6.45, 7) is 0.309. The third-order valence-electron chi connectivity index (χ3n) is 3.38. The number of ether oxygens (including phenoxy) is 1. The number of amides is 1. The summed E-state index contributed by atoms with van der Waals surface area (Å²) in [6, 6.07) is 6.96. The van der Waals surface area contributed by atoms with Crippen molar-refractivity contribution in [3.8, 4) is 6.07 Å². The maximum absolute atomic E-state index is 12.1. The smallest absolute Gasteiger partial charge is 0.262 e. The van der Waals surface area contributed by atoms with E-state index >= 15 is 0 Å². The summed E-state index contributed by atoms with van der Waals surface area (Å²) in [5.74, 6) is -0.592. The van der Waals surface area contributed by atoms with Crippen molar-refractivity contribution >= 4 is 27.9 Å². The average molecular weight is 382 g/mol. The van der Waals surface area contributed by atoms with Gasteiger partial charge >= 0.3 is 0 Å². The monoisotopic (exact) mass is 381 g/mol. The number of hydrogen-bond acceptors (Lipinski definition) is 6. The molecule has 0 radical (unpaired) electrons. The molecular formula is C15H16BrN3O4. The van der Waals surface area contributed by atoms with Gasteiger partial charge in [-0.15, -0.1) is 0 Å². The largest absolute Gasteiger partial charge is 0.390 e. The Hall–Kier alpha value is -1.79. The van der Waals surface area contributed by atoms with Gasteiger partial charge in [-0.3, -0.25) is 4.79 Å². The lowest BCUT2D eigenvalue weighted by molar-refractivity contribution is -0.136. The summed E-state index contributed by atoms with van der Waals surface area (Å²) in [7, 11) is 0. The Morgan fingerprint density at radius 1 is 1.57 bits per heavy atom. The van der Waals surface area contributed by atoms with Gasteiger partial charge in [0.15, 0.2) is 0 Å². The van der Waals surface area contributed by atoms with E-state index in [4.69, 9.17) is 10.00 Å². The molecule has 1 aromatic rings. The molecule has 1 saturated heterocycles. The van der Waals surface area contributed by atoms with E-state index < -0.39 is 24.2 Å². The number of aliphatic hydroxyl groups is 2. The second-order valence-corrected chi connectivity index (χ2v) is 5.83. The molecule has 1 aromatic heterocycles. The van der Waals surface area contributed by atoms with Gasteiger partial charge in [0.25, 0.3) is 5.91 Å². The topological polar surface area (TPSA) is 115 Å². The van der Waals surface area contributed by atoms with E-state index in [0.717, 1.165) is 0 Å². The minimum atomic E-state index is -1.06. The number of nitrogens with one attached hydrogen (secondary N) is 1. The Morgan fingerprint density at radius 3 is 3.04 bits per heavy atom. The van der Waals surface area contributed by atoms with Crippen LogP contribution in [0.2, 0.25) is 0 Å². The predicted molar refractivity (Wildman–Crippen MR) is 84.9 cm³/mol. The first kappa shape index (κ1) is 17.6. The molecule has 3 N–H and O–H groups in total. The SMILES string of the molecule is N#C/C(=C\c1cccc(Br)n1)C(=O)NC[C@H]1OCC[C@@H](O)[C@H]1O. The number of carbonyl (C=O) groups is 1. The number of nitrogens with zero attached hydrogens (tertiary/aromatic N) is 2. The second-order valence-electron chi connectivity index (χ2n) is 5.02. The third-order valence-corrected chi connectivity index (χ3v) is 3.82. The van der Waals surface area contributed by atoms with Crippen LogP contribution in [0.15, 0.2) is 28.4 Å². The molecule has 7 nitrogen and oxygen atoms in total. The zero-order valence-corrected chi connectivity index (χ0v) is 13.7. The molecule has 1 aliphatic heterocycles. The van der Waals surface area contributed by atoms with Crippen LogP contribution < -0.4 is 5.32 Å². The zero-order valence-electron chi connectivity index (χ0n) is 12.1. The van der Waals surface area contributed by atoms with Gasteiger partial charge in [0.05, 0.1) is 11.8 Å². The Kier molecular flexibility index (Phi) is 6.24. The Morgan fingerprint density at radius 2 is 2.35 bits per heavy atom. The predicted octanol–water partition coefficient (Wildman–Crippen LogP) is 0.378. The lowest BCUT2D eigenvalue weighted by Gasteiger charge is -2.31. The number of rotatable bonds is 4. The molecule has 122 valence electrons. The van der Waals surface area contributed by atoms with E-state index in [1.165, 1.54) is 6.08 Å². The van der Waals surface area contributed by atoms with Crippen molar-refractivity contribution in [2.24, 2.45) is 0 Å². The fourth-order valence-electron chi connectivity index (χ4n) is 2.13. The van der Waals surface area contributed by atoms with E-state index in [0.29, 0.717) is 23.3 Å². The van der Waals surface area contributed by atoms with Gasteiger partial charge in [-0.25, -0.2) is 4.98 Å². The number of hydrogen-bond donors (Lipinski definition) is 3. The van der Waals surface area contributed by atoms with Crippen LogP contribution in [-0.2, 0) is 9.53 Å². The molecule has 3 atom stereocenters. The van der Waals surface area contributed by atoms with Crippen molar-refractivity contribution in [1.82, 2.24) is 10.3 Å². The number of carbonyl (C=O) groups excluding carboxylic acids is 1. The highest BCUT2D eigenvalue weighted by molar-refractivity contribution is 9.10. The van der Waals surface area contributed by atoms with E-state index in [1.807, 2.05) is 6.07 Å². The number of pyridine rings is 1. The van der Waals surface area contributed by atoms with Crippen LogP contribution in [0.5, 0.6) is 0 Å². The van der Waals surface area contributed by atoms with Crippen LogP contribution in [0.25, 0.3) is 6.08 Å². The van der Waals surface area contributed by atoms with Crippen molar-refractivity contribution in [2.45, 2.75) is 24.7 Å². The van der Waals surface area contributed by atoms with Crippen LogP contribution in [0.4, 0.5) is 0 Å². The van der Waals surface area contributed by atoms with Gasteiger partial charge in [0.2, 0.25) is 0 Å². The molecular weight excluding hydrogens is 366 g/mol. The molecule has 0 saturated carbocycles. The summed E-state index contributed by atoms with van der Waals surface area (Å²) in [6.07, 6.45) is -0.921. The maximum atomic E-state index is 12.1. The van der Waals surface area contributed by atoms with Crippen LogP contribution in [-0.4, -0.2) is 52.6 Å². The fraction of sp³-hybridized carbons (Fsp3) is 0.400. The lowest BCUT2D eigenvalue weighted by atomic mass is 10.0. The highest BCUT2D eigenvalue weighted by atomic mass is 79.9. The summed E-state index contributed by atoms with van der Waals surface area (Å²) in [5, 5.41) is 31.0. The van der Waals surface area contributed by atoms with Gasteiger partial charge in [-0.1, -0.05) is 6.07 Å². The molecule has 8 heteroatoms. The van der Waals surface area contributed by atoms with E-state index in [-0.39, 0.29) is 12.1 Å². The first-order valence-corrected chi connectivity index (χ1v) is 7.81. The summed E-state index contributed by atoms with van der Waals surface area (Å²) in [4.78, 5) is 16.2. The van der Waals surface area contributed by atoms with E-state index in [1.54, 1.807) is 18.2 Å². The summed E-state index contributed by atoms with van der Waals surface area (Å²) < 4.78 is 5.91. The van der Waals surface area contributed by atoms with Gasteiger partial charge in [-0.05, 0) is 40.6 Å². The molecule has 23 heavy (non-hydrogen) atoms. The standard InChI is InChI=1S/C15H16BrN3O4/c16-13-3-1-2-10(19-13)6-9(7-17)15(22)18-8-12-14(21)11(20)4-5-23-12/h1-3,6,11-12,14,20-21H,4-5,8H2,(H,18,22)/b9-6+/t11-,12-,14-/m1/s1. The lowest BCUT2D eigenvalue weighted by Crippen LogP contribution is -2.50. The molecule has 1 aliphatic rings. The second kappa shape index (κ2) is 8.17. The molecule has 2 heterocycles. The Bertz CT molecular complexity index is 644. The van der Waals surface area contributed by atoms with E-state index in [9.17, 15) is 15.0 Å². The fourth-order valence-corrected chi connectivity index (χ4v) is 2.48. The number of nitriles is 1. The van der Waals surface area contributed by atoms with Gasteiger partial charge < -0.3 is 20.3 Å². The molecule has 0 aliphatic carbocycles. The third kappa shape index (κ3) is 4.84. The molecule has 0 bridgehead atoms. The van der Waals surface area contributed by atoms with Crippen molar-refractivity contribution in [3.05, 3.63) is 34.1 Å². The molecule has 1 fully saturated rings. The van der Waals surface area contributed by atoms with E-state index in [2.05, 4.69) is 26.2 Å². The summed E-state index contributed by atoms with van der Waals surface area (Å²) in [5.41, 5.74) is 0.358. The van der Waals surface area contributed by atoms with Crippen LogP contribution >= 0.6 is 15.9 Å². The number of halogens is 1. The normalized spacial score (nSPS) is 24.8. The maximum Gasteiger partial charge on any atom is 0.262 e. The number of aliphatic hydroxyl groups excluding tert-OH is 2. The average Bonchev–Trinajstić information content (AvgIpc) is 2.53. The van der Waals surface area contributed by atoms with Crippen LogP contribution in [0, 0.1) is 11.3 Å². The first-order chi connectivity index (χ1) is 11.0. The molecule has 0 aromatic carbocycles. The van der Waals surface area contributed by atoms with Crippen molar-refractivity contribution < 1.29 is 19.7 Å². The summed E-state index contributed by atoms with van der Waals surface area (Å²) >= 11 is 3.21. The number of aromatic nitrogens is 1. The Labute approximate surface area is 141 Å². The van der Waals surface area contributed by atoms with Crippen molar-refractivity contribution in [2.75, 3.05) is 13.2 Å². The Balaban J connectivity index is 1.99. The van der Waals surface area contributed by atoms with Crippen molar-refractivity contribution in [3.63, 3.8) is 0 Å². The molecule has 2 rings (SSSR count). The first-order valence-electron chi connectivity index (χ1n) is 7.01. The van der Waals surface area contributed by atoms with Crippen molar-refractivity contribution in [1.29, 1.82) is 5.26 Å². The molecule has 0 unspecified atom stereocenters. The van der Waals surface area contributed by atoms with Gasteiger partial charge in [0, 0.05) is 13.2 Å². The van der Waals surface area contributed by atoms with Gasteiger partial charge in [-0.2, -0.15) is 5.26 Å². The molecule has 1 amide bonds. The highest BCUT2D eigenvalue weighted by Gasteiger charge is 2.31.